The van der Waals surface area contributed by atoms with E-state index in [1.165, 1.54) is 17.6 Å². The van der Waals surface area contributed by atoms with Crippen molar-refractivity contribution in [3.63, 3.8) is 0 Å². The molecule has 1 N–H and O–H groups in total. The molecule has 1 rings (SSSR count). The molecule has 0 aliphatic rings. The zero-order valence-electron chi connectivity index (χ0n) is 10.8. The Bertz CT molecular complexity index is 358. The molecule has 0 amide bonds. The van der Waals surface area contributed by atoms with Crippen LogP contribution >= 0.6 is 11.6 Å². The second-order valence-electron chi connectivity index (χ2n) is 4.36. The summed E-state index contributed by atoms with van der Waals surface area (Å²) in [6.07, 6.45) is 5.54. The molecule has 0 unspecified atom stereocenters. The number of rotatable bonds is 7. The normalized spacial score (nSPS) is 11.8. The maximum absolute atomic E-state index is 6.13. The minimum atomic E-state index is 0.865. The Morgan fingerprint density at radius 2 is 2.06 bits per heavy atom. The summed E-state index contributed by atoms with van der Waals surface area (Å²) in [6, 6.07) is 8.05. The van der Waals surface area contributed by atoms with Gasteiger partial charge in [0.1, 0.15) is 0 Å². The van der Waals surface area contributed by atoms with E-state index in [0.29, 0.717) is 0 Å². The standard InChI is InChI=1S/C15H22ClN/c1-3-10-17-11-6-7-13(2)12-14-8-4-5-9-15(14)16/h4-5,7-9,17H,3,6,10-12H2,1-2H3. The number of hydrogen-bond acceptors (Lipinski definition) is 1. The van der Waals surface area contributed by atoms with Crippen molar-refractivity contribution in [2.75, 3.05) is 13.1 Å². The summed E-state index contributed by atoms with van der Waals surface area (Å²) in [6.45, 7) is 6.53. The highest BCUT2D eigenvalue weighted by atomic mass is 35.5. The largest absolute Gasteiger partial charge is 0.316 e. The molecule has 0 heterocycles. The molecule has 17 heavy (non-hydrogen) atoms. The summed E-state index contributed by atoms with van der Waals surface area (Å²) in [5.74, 6) is 0. The average Bonchev–Trinajstić information content (AvgIpc) is 2.32. The second kappa shape index (κ2) is 8.32. The van der Waals surface area contributed by atoms with Crippen molar-refractivity contribution in [3.8, 4) is 0 Å². The lowest BCUT2D eigenvalue weighted by Crippen LogP contribution is -2.15. The van der Waals surface area contributed by atoms with Gasteiger partial charge in [0.05, 0.1) is 0 Å². The van der Waals surface area contributed by atoms with Crippen molar-refractivity contribution in [3.05, 3.63) is 46.5 Å². The summed E-state index contributed by atoms with van der Waals surface area (Å²) in [5.41, 5.74) is 2.60. The van der Waals surface area contributed by atoms with Gasteiger partial charge in [-0.15, -0.1) is 0 Å². The van der Waals surface area contributed by atoms with Crippen LogP contribution in [0, 0.1) is 0 Å². The molecular formula is C15H22ClN. The Balaban J connectivity index is 2.36. The molecule has 1 nitrogen and oxygen atoms in total. The summed E-state index contributed by atoms with van der Waals surface area (Å²) in [4.78, 5) is 0. The van der Waals surface area contributed by atoms with E-state index in [2.05, 4.69) is 31.3 Å². The lowest BCUT2D eigenvalue weighted by Gasteiger charge is -2.05. The van der Waals surface area contributed by atoms with Crippen LogP contribution in [-0.2, 0) is 6.42 Å². The first-order valence-corrected chi connectivity index (χ1v) is 6.71. The fraction of sp³-hybridized carbons (Fsp3) is 0.467. The third kappa shape index (κ3) is 5.90. The average molecular weight is 252 g/mol. The van der Waals surface area contributed by atoms with E-state index < -0.39 is 0 Å². The van der Waals surface area contributed by atoms with E-state index in [1.54, 1.807) is 0 Å². The molecule has 0 aromatic heterocycles. The first kappa shape index (κ1) is 14.3. The molecule has 0 saturated heterocycles. The number of halogens is 1. The molecule has 0 aliphatic carbocycles. The van der Waals surface area contributed by atoms with Gasteiger partial charge in [-0.2, -0.15) is 0 Å². The van der Waals surface area contributed by atoms with E-state index in [-0.39, 0.29) is 0 Å². The molecule has 0 atom stereocenters. The summed E-state index contributed by atoms with van der Waals surface area (Å²) in [5, 5.41) is 4.26. The van der Waals surface area contributed by atoms with Gasteiger partial charge < -0.3 is 5.32 Å². The summed E-state index contributed by atoms with van der Waals surface area (Å²) in [7, 11) is 0. The van der Waals surface area contributed by atoms with Crippen LogP contribution in [0.1, 0.15) is 32.3 Å². The van der Waals surface area contributed by atoms with Crippen LogP contribution in [0.3, 0.4) is 0 Å². The van der Waals surface area contributed by atoms with Crippen molar-refractivity contribution < 1.29 is 0 Å². The van der Waals surface area contributed by atoms with E-state index in [1.807, 2.05) is 18.2 Å². The molecule has 0 bridgehead atoms. The predicted octanol–water partition coefficient (Wildman–Crippen LogP) is 4.22. The van der Waals surface area contributed by atoms with Gasteiger partial charge in [0, 0.05) is 5.02 Å². The van der Waals surface area contributed by atoms with Gasteiger partial charge >= 0.3 is 0 Å². The van der Waals surface area contributed by atoms with E-state index in [9.17, 15) is 0 Å². The van der Waals surface area contributed by atoms with Crippen molar-refractivity contribution >= 4 is 11.6 Å². The monoisotopic (exact) mass is 251 g/mol. The highest BCUT2D eigenvalue weighted by Gasteiger charge is 1.99. The van der Waals surface area contributed by atoms with E-state index in [4.69, 9.17) is 11.6 Å². The first-order valence-electron chi connectivity index (χ1n) is 6.33. The Labute approximate surface area is 110 Å². The number of nitrogens with one attached hydrogen (secondary N) is 1. The van der Waals surface area contributed by atoms with Gasteiger partial charge in [0.2, 0.25) is 0 Å². The predicted molar refractivity (Wildman–Crippen MR) is 76.7 cm³/mol. The Kier molecular flexibility index (Phi) is 6.99. The third-order valence-corrected chi connectivity index (χ3v) is 3.04. The molecular weight excluding hydrogens is 230 g/mol. The maximum Gasteiger partial charge on any atom is 0.0441 e. The molecule has 0 spiro atoms. The highest BCUT2D eigenvalue weighted by molar-refractivity contribution is 6.31. The number of allylic oxidation sites excluding steroid dienone is 1. The fourth-order valence-electron chi connectivity index (χ4n) is 1.74. The minimum absolute atomic E-state index is 0.865. The van der Waals surface area contributed by atoms with Gasteiger partial charge in [-0.25, -0.2) is 0 Å². The fourth-order valence-corrected chi connectivity index (χ4v) is 1.94. The van der Waals surface area contributed by atoms with Crippen LogP contribution in [0.25, 0.3) is 0 Å². The van der Waals surface area contributed by atoms with Crippen LogP contribution in [0.5, 0.6) is 0 Å². The molecule has 1 aromatic carbocycles. The summed E-state index contributed by atoms with van der Waals surface area (Å²) < 4.78 is 0. The topological polar surface area (TPSA) is 12.0 Å². The van der Waals surface area contributed by atoms with Crippen LogP contribution in [-0.4, -0.2) is 13.1 Å². The summed E-state index contributed by atoms with van der Waals surface area (Å²) >= 11 is 6.13. The van der Waals surface area contributed by atoms with E-state index in [0.717, 1.165) is 31.0 Å². The first-order chi connectivity index (χ1) is 8.24. The van der Waals surface area contributed by atoms with Gasteiger partial charge in [-0.05, 0) is 50.9 Å². The van der Waals surface area contributed by atoms with Crippen molar-refractivity contribution in [1.82, 2.24) is 5.32 Å². The molecule has 94 valence electrons. The van der Waals surface area contributed by atoms with Crippen LogP contribution in [0.4, 0.5) is 0 Å². The SMILES string of the molecule is CCCNCCC=C(C)Cc1ccccc1Cl. The lowest BCUT2D eigenvalue weighted by molar-refractivity contribution is 0.677. The molecule has 0 fully saturated rings. The Morgan fingerprint density at radius 1 is 1.29 bits per heavy atom. The van der Waals surface area contributed by atoms with Crippen molar-refractivity contribution in [2.24, 2.45) is 0 Å². The van der Waals surface area contributed by atoms with Gasteiger partial charge in [0.25, 0.3) is 0 Å². The van der Waals surface area contributed by atoms with Crippen LogP contribution in [0.2, 0.25) is 5.02 Å². The molecule has 0 aliphatic heterocycles. The van der Waals surface area contributed by atoms with Crippen molar-refractivity contribution in [1.29, 1.82) is 0 Å². The quantitative estimate of drug-likeness (QED) is 0.565. The van der Waals surface area contributed by atoms with Gasteiger partial charge in [0.15, 0.2) is 0 Å². The highest BCUT2D eigenvalue weighted by Crippen LogP contribution is 2.18. The number of hydrogen-bond donors (Lipinski definition) is 1. The Morgan fingerprint density at radius 3 is 2.76 bits per heavy atom. The zero-order chi connectivity index (χ0) is 12.5. The third-order valence-electron chi connectivity index (χ3n) is 2.67. The smallest absolute Gasteiger partial charge is 0.0441 e. The van der Waals surface area contributed by atoms with E-state index >= 15 is 0 Å². The zero-order valence-corrected chi connectivity index (χ0v) is 11.6. The van der Waals surface area contributed by atoms with Gasteiger partial charge in [-0.1, -0.05) is 48.4 Å². The maximum atomic E-state index is 6.13. The molecule has 2 heteroatoms. The lowest BCUT2D eigenvalue weighted by atomic mass is 10.1. The van der Waals surface area contributed by atoms with Gasteiger partial charge in [-0.3, -0.25) is 0 Å². The van der Waals surface area contributed by atoms with Crippen LogP contribution < -0.4 is 5.32 Å². The molecule has 1 aromatic rings. The second-order valence-corrected chi connectivity index (χ2v) is 4.76. The van der Waals surface area contributed by atoms with Crippen LogP contribution in [0.15, 0.2) is 35.9 Å². The van der Waals surface area contributed by atoms with Crippen molar-refractivity contribution in [2.45, 2.75) is 33.1 Å². The number of benzene rings is 1. The Hall–Kier alpha value is -0.790. The minimum Gasteiger partial charge on any atom is -0.316 e. The molecule has 0 saturated carbocycles. The molecule has 0 radical (unpaired) electrons.